The lowest BCUT2D eigenvalue weighted by Crippen LogP contribution is -2.26. The standard InChI is InChI=1S/C25H27F3O/c1-2-17-3-5-18(6-4-17)20-7-9-23-16-21(8-10-22(23)15-20)19-11-13-24(14-12-19)29-25(26,27)28/h2,8,10-14,16-18,20H,1,3-7,9,15H2. The molecule has 2 aromatic rings. The van der Waals surface area contributed by atoms with Gasteiger partial charge in [0, 0.05) is 0 Å². The van der Waals surface area contributed by atoms with Crippen LogP contribution in [0.2, 0.25) is 0 Å². The Labute approximate surface area is 170 Å². The maximum absolute atomic E-state index is 12.3. The Balaban J connectivity index is 1.43. The van der Waals surface area contributed by atoms with E-state index in [-0.39, 0.29) is 5.75 Å². The molecular weight excluding hydrogens is 373 g/mol. The van der Waals surface area contributed by atoms with Crippen LogP contribution in [0.3, 0.4) is 0 Å². The smallest absolute Gasteiger partial charge is 0.406 e. The van der Waals surface area contributed by atoms with Crippen LogP contribution in [0.5, 0.6) is 5.75 Å². The van der Waals surface area contributed by atoms with Crippen LogP contribution in [0.1, 0.15) is 43.2 Å². The number of fused-ring (bicyclic) bond motifs is 1. The van der Waals surface area contributed by atoms with Gasteiger partial charge in [-0.3, -0.25) is 0 Å². The van der Waals surface area contributed by atoms with Crippen LogP contribution in [0.15, 0.2) is 55.1 Å². The number of hydrogen-bond donors (Lipinski definition) is 0. The van der Waals surface area contributed by atoms with E-state index >= 15 is 0 Å². The van der Waals surface area contributed by atoms with Gasteiger partial charge in [0.2, 0.25) is 0 Å². The van der Waals surface area contributed by atoms with Gasteiger partial charge in [-0.25, -0.2) is 0 Å². The first-order valence-corrected chi connectivity index (χ1v) is 10.5. The van der Waals surface area contributed by atoms with E-state index < -0.39 is 6.36 Å². The first-order chi connectivity index (χ1) is 13.9. The fourth-order valence-corrected chi connectivity index (χ4v) is 5.07. The highest BCUT2D eigenvalue weighted by molar-refractivity contribution is 5.66. The maximum Gasteiger partial charge on any atom is 0.573 e. The summed E-state index contributed by atoms with van der Waals surface area (Å²) in [5.74, 6) is 2.13. The minimum absolute atomic E-state index is 0.187. The minimum atomic E-state index is -4.66. The Bertz CT molecular complexity index is 845. The fraction of sp³-hybridized carbons (Fsp3) is 0.440. The number of halogens is 3. The summed E-state index contributed by atoms with van der Waals surface area (Å²) in [6.07, 6.45) is 6.14. The molecule has 29 heavy (non-hydrogen) atoms. The molecule has 1 nitrogen and oxygen atoms in total. The Morgan fingerprint density at radius 2 is 1.52 bits per heavy atom. The van der Waals surface area contributed by atoms with Crippen molar-refractivity contribution in [1.29, 1.82) is 0 Å². The number of rotatable bonds is 4. The number of alkyl halides is 3. The fourth-order valence-electron chi connectivity index (χ4n) is 5.07. The van der Waals surface area contributed by atoms with Crippen LogP contribution in [0.25, 0.3) is 11.1 Å². The van der Waals surface area contributed by atoms with E-state index in [4.69, 9.17) is 0 Å². The molecule has 1 fully saturated rings. The molecule has 0 aliphatic heterocycles. The number of aryl methyl sites for hydroxylation is 1. The topological polar surface area (TPSA) is 9.23 Å². The zero-order valence-electron chi connectivity index (χ0n) is 16.5. The quantitative estimate of drug-likeness (QED) is 0.488. The number of ether oxygens (including phenoxy) is 1. The van der Waals surface area contributed by atoms with Crippen molar-refractivity contribution in [3.8, 4) is 16.9 Å². The van der Waals surface area contributed by atoms with Crippen LogP contribution >= 0.6 is 0 Å². The molecule has 1 unspecified atom stereocenters. The van der Waals surface area contributed by atoms with Gasteiger partial charge in [0.25, 0.3) is 0 Å². The summed E-state index contributed by atoms with van der Waals surface area (Å²) in [7, 11) is 0. The minimum Gasteiger partial charge on any atom is -0.406 e. The molecule has 0 bridgehead atoms. The summed E-state index contributed by atoms with van der Waals surface area (Å²) >= 11 is 0. The molecule has 0 radical (unpaired) electrons. The van der Waals surface area contributed by atoms with Crippen molar-refractivity contribution >= 4 is 0 Å². The SMILES string of the molecule is C=CC1CCC(C2CCc3cc(-c4ccc(OC(F)(F)F)cc4)ccc3C2)CC1. The largest absolute Gasteiger partial charge is 0.573 e. The van der Waals surface area contributed by atoms with E-state index in [0.29, 0.717) is 5.92 Å². The van der Waals surface area contributed by atoms with Gasteiger partial charge in [-0.1, -0.05) is 36.4 Å². The lowest BCUT2D eigenvalue weighted by atomic mass is 9.69. The van der Waals surface area contributed by atoms with Gasteiger partial charge in [0.05, 0.1) is 0 Å². The molecule has 4 heteroatoms. The molecule has 0 spiro atoms. The lowest BCUT2D eigenvalue weighted by molar-refractivity contribution is -0.274. The van der Waals surface area contributed by atoms with Gasteiger partial charge in [-0.15, -0.1) is 19.8 Å². The Morgan fingerprint density at radius 3 is 2.17 bits per heavy atom. The summed E-state index contributed by atoms with van der Waals surface area (Å²) in [4.78, 5) is 0. The number of allylic oxidation sites excluding steroid dienone is 1. The molecule has 1 saturated carbocycles. The monoisotopic (exact) mass is 400 g/mol. The summed E-state index contributed by atoms with van der Waals surface area (Å²) in [6.45, 7) is 3.95. The van der Waals surface area contributed by atoms with Crippen molar-refractivity contribution < 1.29 is 17.9 Å². The summed E-state index contributed by atoms with van der Waals surface area (Å²) < 4.78 is 41.0. The van der Waals surface area contributed by atoms with Gasteiger partial charge in [0.1, 0.15) is 5.75 Å². The highest BCUT2D eigenvalue weighted by Gasteiger charge is 2.31. The second kappa shape index (κ2) is 8.25. The van der Waals surface area contributed by atoms with E-state index in [1.54, 1.807) is 12.1 Å². The summed E-state index contributed by atoms with van der Waals surface area (Å²) in [5.41, 5.74) is 4.78. The molecular formula is C25H27F3O. The van der Waals surface area contributed by atoms with E-state index in [2.05, 4.69) is 35.6 Å². The highest BCUT2D eigenvalue weighted by Crippen LogP contribution is 2.40. The molecule has 4 rings (SSSR count). The molecule has 2 aromatic carbocycles. The number of hydrogen-bond acceptors (Lipinski definition) is 1. The zero-order valence-corrected chi connectivity index (χ0v) is 16.5. The van der Waals surface area contributed by atoms with Crippen molar-refractivity contribution in [3.05, 3.63) is 66.2 Å². The highest BCUT2D eigenvalue weighted by atomic mass is 19.4. The summed E-state index contributed by atoms with van der Waals surface area (Å²) in [6, 6.07) is 12.6. The molecule has 0 heterocycles. The second-order valence-corrected chi connectivity index (χ2v) is 8.47. The average Bonchev–Trinajstić information content (AvgIpc) is 2.72. The van der Waals surface area contributed by atoms with Gasteiger partial charge in [0.15, 0.2) is 0 Å². The van der Waals surface area contributed by atoms with E-state index in [9.17, 15) is 13.2 Å². The maximum atomic E-state index is 12.3. The van der Waals surface area contributed by atoms with Gasteiger partial charge < -0.3 is 4.74 Å². The van der Waals surface area contributed by atoms with Gasteiger partial charge in [-0.05, 0) is 97.1 Å². The first kappa shape index (κ1) is 20.1. The molecule has 0 saturated heterocycles. The van der Waals surface area contributed by atoms with Crippen molar-refractivity contribution in [2.75, 3.05) is 0 Å². The van der Waals surface area contributed by atoms with Crippen molar-refractivity contribution in [2.45, 2.75) is 51.3 Å². The van der Waals surface area contributed by atoms with E-state index in [0.717, 1.165) is 35.8 Å². The van der Waals surface area contributed by atoms with Gasteiger partial charge >= 0.3 is 6.36 Å². The molecule has 2 aliphatic rings. The predicted molar refractivity (Wildman–Crippen MR) is 110 cm³/mol. The van der Waals surface area contributed by atoms with Crippen LogP contribution < -0.4 is 4.74 Å². The Kier molecular flexibility index (Phi) is 5.71. The zero-order chi connectivity index (χ0) is 20.4. The van der Waals surface area contributed by atoms with Crippen LogP contribution in [0.4, 0.5) is 13.2 Å². The van der Waals surface area contributed by atoms with E-state index in [1.807, 2.05) is 0 Å². The number of benzene rings is 2. The Morgan fingerprint density at radius 1 is 0.828 bits per heavy atom. The first-order valence-electron chi connectivity index (χ1n) is 10.5. The average molecular weight is 400 g/mol. The molecule has 1 atom stereocenters. The van der Waals surface area contributed by atoms with E-state index in [1.165, 1.54) is 55.4 Å². The normalized spacial score (nSPS) is 24.6. The van der Waals surface area contributed by atoms with Crippen LogP contribution in [0, 0.1) is 17.8 Å². The van der Waals surface area contributed by atoms with Crippen molar-refractivity contribution in [2.24, 2.45) is 17.8 Å². The van der Waals surface area contributed by atoms with Crippen molar-refractivity contribution in [1.82, 2.24) is 0 Å². The van der Waals surface area contributed by atoms with Crippen LogP contribution in [-0.4, -0.2) is 6.36 Å². The summed E-state index contributed by atoms with van der Waals surface area (Å²) in [5, 5.41) is 0. The molecule has 154 valence electrons. The lowest BCUT2D eigenvalue weighted by Gasteiger charge is -2.36. The van der Waals surface area contributed by atoms with Crippen LogP contribution in [-0.2, 0) is 12.8 Å². The third-order valence-electron chi connectivity index (χ3n) is 6.71. The molecule has 0 aromatic heterocycles. The molecule has 0 amide bonds. The predicted octanol–water partition coefficient (Wildman–Crippen LogP) is 7.35. The molecule has 0 N–H and O–H groups in total. The second-order valence-electron chi connectivity index (χ2n) is 8.47. The van der Waals surface area contributed by atoms with Crippen molar-refractivity contribution in [3.63, 3.8) is 0 Å². The third kappa shape index (κ3) is 4.85. The Hall–Kier alpha value is -2.23. The molecule has 2 aliphatic carbocycles. The van der Waals surface area contributed by atoms with Gasteiger partial charge in [-0.2, -0.15) is 0 Å². The third-order valence-corrected chi connectivity index (χ3v) is 6.71.